The Morgan fingerprint density at radius 2 is 2.07 bits per heavy atom. The molecule has 0 aliphatic rings. The lowest BCUT2D eigenvalue weighted by Crippen LogP contribution is -1.91. The third-order valence-electron chi connectivity index (χ3n) is 2.38. The minimum atomic E-state index is -0.308. The number of halogens is 2. The van der Waals surface area contributed by atoms with Crippen LogP contribution in [0.25, 0.3) is 16.6 Å². The van der Waals surface area contributed by atoms with Crippen LogP contribution in [0.15, 0.2) is 36.5 Å². The third-order valence-corrected chi connectivity index (χ3v) is 2.65. The summed E-state index contributed by atoms with van der Waals surface area (Å²) in [5, 5.41) is 0.387. The largest absolute Gasteiger partial charge is 0.312 e. The molecule has 0 radical (unpaired) electrons. The van der Waals surface area contributed by atoms with Gasteiger partial charge in [-0.05, 0) is 24.3 Å². The fraction of sp³-hybridized carbons (Fsp3) is 0. The van der Waals surface area contributed by atoms with Crippen LogP contribution in [0, 0.1) is 5.82 Å². The van der Waals surface area contributed by atoms with Crippen LogP contribution in [-0.2, 0) is 0 Å². The molecule has 0 amide bonds. The molecule has 0 N–H and O–H groups in total. The van der Waals surface area contributed by atoms with Crippen LogP contribution in [0.1, 0.15) is 0 Å². The van der Waals surface area contributed by atoms with Gasteiger partial charge in [-0.3, -0.25) is 0 Å². The van der Waals surface area contributed by atoms with Gasteiger partial charge in [-0.25, -0.2) is 9.37 Å². The molecule has 15 heavy (non-hydrogen) atoms. The molecule has 2 nitrogen and oxygen atoms in total. The van der Waals surface area contributed by atoms with Gasteiger partial charge in [0.1, 0.15) is 5.82 Å². The zero-order chi connectivity index (χ0) is 10.4. The highest BCUT2D eigenvalue weighted by Gasteiger charge is 2.06. The van der Waals surface area contributed by atoms with Crippen molar-refractivity contribution in [1.29, 1.82) is 0 Å². The fourth-order valence-corrected chi connectivity index (χ4v) is 1.96. The number of benzene rings is 1. The van der Waals surface area contributed by atoms with Crippen molar-refractivity contribution < 1.29 is 4.39 Å². The van der Waals surface area contributed by atoms with E-state index in [0.717, 1.165) is 11.0 Å². The quantitative estimate of drug-likeness (QED) is 0.568. The summed E-state index contributed by atoms with van der Waals surface area (Å²) in [4.78, 5) is 4.14. The van der Waals surface area contributed by atoms with Crippen LogP contribution >= 0.6 is 11.6 Å². The van der Waals surface area contributed by atoms with Crippen LogP contribution in [0.4, 0.5) is 4.39 Å². The first-order valence-corrected chi connectivity index (χ1v) is 4.85. The van der Waals surface area contributed by atoms with E-state index >= 15 is 0 Å². The number of rotatable bonds is 0. The van der Waals surface area contributed by atoms with Crippen molar-refractivity contribution in [3.05, 3.63) is 47.5 Å². The Morgan fingerprint density at radius 3 is 2.93 bits per heavy atom. The summed E-state index contributed by atoms with van der Waals surface area (Å²) in [5.41, 5.74) is 2.24. The number of fused-ring (bicyclic) bond motifs is 3. The van der Waals surface area contributed by atoms with Gasteiger partial charge < -0.3 is 4.40 Å². The number of nitrogens with zero attached hydrogens (tertiary/aromatic N) is 2. The highest BCUT2D eigenvalue weighted by molar-refractivity contribution is 6.33. The zero-order valence-corrected chi connectivity index (χ0v) is 8.37. The lowest BCUT2D eigenvalue weighted by molar-refractivity contribution is 0.629. The molecule has 0 saturated heterocycles. The van der Waals surface area contributed by atoms with Crippen molar-refractivity contribution in [2.24, 2.45) is 0 Å². The summed E-state index contributed by atoms with van der Waals surface area (Å²) in [5.74, 6) is -0.308. The van der Waals surface area contributed by atoms with E-state index in [-0.39, 0.29) is 5.82 Å². The molecule has 0 aliphatic heterocycles. The second kappa shape index (κ2) is 2.94. The molecule has 0 atom stereocenters. The van der Waals surface area contributed by atoms with E-state index in [9.17, 15) is 4.39 Å². The Balaban J connectivity index is 2.60. The minimum Gasteiger partial charge on any atom is -0.312 e. The molecule has 0 fully saturated rings. The smallest absolute Gasteiger partial charge is 0.153 e. The highest BCUT2D eigenvalue weighted by atomic mass is 35.5. The van der Waals surface area contributed by atoms with Gasteiger partial charge >= 0.3 is 0 Å². The van der Waals surface area contributed by atoms with E-state index in [1.807, 2.05) is 22.7 Å². The van der Waals surface area contributed by atoms with E-state index in [1.54, 1.807) is 6.07 Å². The molecule has 1 aromatic carbocycles. The summed E-state index contributed by atoms with van der Waals surface area (Å²) in [6, 6.07) is 8.24. The van der Waals surface area contributed by atoms with E-state index in [1.165, 1.54) is 12.1 Å². The Kier molecular flexibility index (Phi) is 1.70. The van der Waals surface area contributed by atoms with Gasteiger partial charge in [0.05, 0.1) is 16.6 Å². The molecule has 2 aromatic heterocycles. The Labute approximate surface area is 89.9 Å². The van der Waals surface area contributed by atoms with Crippen molar-refractivity contribution in [2.75, 3.05) is 0 Å². The zero-order valence-electron chi connectivity index (χ0n) is 7.61. The van der Waals surface area contributed by atoms with Crippen LogP contribution in [0.3, 0.4) is 0 Å². The van der Waals surface area contributed by atoms with Gasteiger partial charge in [0, 0.05) is 12.3 Å². The average molecular weight is 221 g/mol. The van der Waals surface area contributed by atoms with E-state index in [4.69, 9.17) is 11.6 Å². The number of hydrogen-bond acceptors (Lipinski definition) is 1. The first-order valence-electron chi connectivity index (χ1n) is 4.47. The molecule has 4 heteroatoms. The SMILES string of the molecule is Fc1ccc2c(c1)nc(Cl)c1cccn12. The van der Waals surface area contributed by atoms with Crippen molar-refractivity contribution >= 4 is 28.2 Å². The van der Waals surface area contributed by atoms with E-state index in [2.05, 4.69) is 4.98 Å². The van der Waals surface area contributed by atoms with Gasteiger partial charge in [0.25, 0.3) is 0 Å². The monoisotopic (exact) mass is 220 g/mol. The van der Waals surface area contributed by atoms with Crippen molar-refractivity contribution in [2.45, 2.75) is 0 Å². The maximum atomic E-state index is 13.0. The molecule has 0 spiro atoms. The minimum absolute atomic E-state index is 0.308. The topological polar surface area (TPSA) is 17.3 Å². The van der Waals surface area contributed by atoms with E-state index < -0.39 is 0 Å². The van der Waals surface area contributed by atoms with Gasteiger partial charge in [-0.1, -0.05) is 11.6 Å². The summed E-state index contributed by atoms with van der Waals surface area (Å²) in [6.07, 6.45) is 1.88. The third kappa shape index (κ3) is 1.20. The number of hydrogen-bond donors (Lipinski definition) is 0. The molecule has 0 bridgehead atoms. The first-order chi connectivity index (χ1) is 7.25. The Morgan fingerprint density at radius 1 is 1.20 bits per heavy atom. The molecule has 3 aromatic rings. The van der Waals surface area contributed by atoms with Crippen molar-refractivity contribution in [3.63, 3.8) is 0 Å². The van der Waals surface area contributed by atoms with Crippen LogP contribution in [0.2, 0.25) is 5.15 Å². The summed E-state index contributed by atoms with van der Waals surface area (Å²) in [7, 11) is 0. The first kappa shape index (κ1) is 8.68. The predicted molar refractivity (Wildman–Crippen MR) is 57.7 cm³/mol. The van der Waals surface area contributed by atoms with Gasteiger partial charge in [0.15, 0.2) is 5.15 Å². The highest BCUT2D eigenvalue weighted by Crippen LogP contribution is 2.22. The fourth-order valence-electron chi connectivity index (χ4n) is 1.71. The summed E-state index contributed by atoms with van der Waals surface area (Å²) in [6.45, 7) is 0. The molecule has 74 valence electrons. The predicted octanol–water partition coefficient (Wildman–Crippen LogP) is 3.28. The van der Waals surface area contributed by atoms with Crippen molar-refractivity contribution in [1.82, 2.24) is 9.38 Å². The number of aromatic nitrogens is 2. The second-order valence-corrected chi connectivity index (χ2v) is 3.66. The lowest BCUT2D eigenvalue weighted by atomic mass is 10.3. The maximum Gasteiger partial charge on any atom is 0.153 e. The summed E-state index contributed by atoms with van der Waals surface area (Å²) >= 11 is 5.98. The van der Waals surface area contributed by atoms with Crippen LogP contribution in [-0.4, -0.2) is 9.38 Å². The molecular formula is C11H6ClFN2. The Hall–Kier alpha value is -1.61. The van der Waals surface area contributed by atoms with Gasteiger partial charge in [-0.2, -0.15) is 0 Å². The van der Waals surface area contributed by atoms with Gasteiger partial charge in [0.2, 0.25) is 0 Å². The normalized spacial score (nSPS) is 11.3. The van der Waals surface area contributed by atoms with Gasteiger partial charge in [-0.15, -0.1) is 0 Å². The van der Waals surface area contributed by atoms with E-state index in [0.29, 0.717) is 10.7 Å². The molecule has 2 heterocycles. The standard InChI is InChI=1S/C11H6ClFN2/c12-11-10-2-1-5-15(10)9-4-3-7(13)6-8(9)14-11/h1-6H. The van der Waals surface area contributed by atoms with Crippen LogP contribution in [0.5, 0.6) is 0 Å². The molecule has 0 unspecified atom stereocenters. The van der Waals surface area contributed by atoms with Crippen molar-refractivity contribution in [3.8, 4) is 0 Å². The molecule has 3 rings (SSSR count). The maximum absolute atomic E-state index is 13.0. The molecule has 0 aliphatic carbocycles. The second-order valence-electron chi connectivity index (χ2n) is 3.30. The Bertz CT molecular complexity index is 660. The summed E-state index contributed by atoms with van der Waals surface area (Å²) < 4.78 is 14.9. The molecular weight excluding hydrogens is 215 g/mol. The van der Waals surface area contributed by atoms with Crippen LogP contribution < -0.4 is 0 Å². The molecule has 0 saturated carbocycles. The lowest BCUT2D eigenvalue weighted by Gasteiger charge is -2.03. The average Bonchev–Trinajstić information content (AvgIpc) is 2.66.